The van der Waals surface area contributed by atoms with Crippen LogP contribution in [0.25, 0.3) is 0 Å². The zero-order valence-corrected chi connectivity index (χ0v) is 16.2. The predicted molar refractivity (Wildman–Crippen MR) is 109 cm³/mol. The number of hydrogen-bond acceptors (Lipinski definition) is 5. The highest BCUT2D eigenvalue weighted by Crippen LogP contribution is 2.33. The average Bonchev–Trinajstić information content (AvgIpc) is 2.68. The van der Waals surface area contributed by atoms with Crippen molar-refractivity contribution in [1.29, 1.82) is 0 Å². The average molecular weight is 376 g/mol. The Kier molecular flexibility index (Phi) is 7.00. The van der Waals surface area contributed by atoms with Crippen molar-refractivity contribution in [2.24, 2.45) is 0 Å². The monoisotopic (exact) mass is 376 g/mol. The molecule has 1 fully saturated rings. The Morgan fingerprint density at radius 2 is 1.80 bits per heavy atom. The fourth-order valence-corrected chi connectivity index (χ4v) is 4.39. The van der Waals surface area contributed by atoms with E-state index in [1.165, 1.54) is 24.9 Å². The highest BCUT2D eigenvalue weighted by molar-refractivity contribution is 8.00. The van der Waals surface area contributed by atoms with Gasteiger partial charge in [0.2, 0.25) is 8.38 Å². The lowest BCUT2D eigenvalue weighted by atomic mass is 10.1. The highest BCUT2D eigenvalue weighted by atomic mass is 32.2. The molecule has 0 amide bonds. The third-order valence-corrected chi connectivity index (χ3v) is 6.26. The molecule has 0 saturated carbocycles. The van der Waals surface area contributed by atoms with E-state index in [0.717, 1.165) is 29.0 Å². The summed E-state index contributed by atoms with van der Waals surface area (Å²) in [5, 5.41) is 0.843. The Morgan fingerprint density at radius 3 is 2.52 bits per heavy atom. The van der Waals surface area contributed by atoms with Crippen LogP contribution in [-0.2, 0) is 4.52 Å². The van der Waals surface area contributed by atoms with Crippen LogP contribution in [0.5, 0.6) is 0 Å². The molecule has 1 atom stereocenters. The Morgan fingerprint density at radius 1 is 1.08 bits per heavy atom. The summed E-state index contributed by atoms with van der Waals surface area (Å²) in [6, 6.07) is 16.4. The zero-order valence-electron chi connectivity index (χ0n) is 14.5. The number of nitrogens with one attached hydrogen (secondary N) is 1. The molecule has 0 bridgehead atoms. The van der Waals surface area contributed by atoms with Gasteiger partial charge in [-0.05, 0) is 74.5 Å². The van der Waals surface area contributed by atoms with Gasteiger partial charge in [0.05, 0.1) is 18.0 Å². The van der Waals surface area contributed by atoms with Crippen molar-refractivity contribution in [2.75, 3.05) is 29.3 Å². The van der Waals surface area contributed by atoms with Crippen molar-refractivity contribution in [3.8, 4) is 0 Å². The third kappa shape index (κ3) is 5.11. The molecule has 0 aliphatic carbocycles. The number of anilines is 2. The molecule has 2 aromatic carbocycles. The Hall–Kier alpha value is -1.26. The Labute approximate surface area is 155 Å². The van der Waals surface area contributed by atoms with Crippen molar-refractivity contribution in [3.05, 3.63) is 48.5 Å². The number of rotatable bonds is 7. The second kappa shape index (κ2) is 9.44. The van der Waals surface area contributed by atoms with Gasteiger partial charge in [-0.15, -0.1) is 0 Å². The number of para-hydroxylation sites is 2. The Bertz CT molecular complexity index is 663. The van der Waals surface area contributed by atoms with Crippen molar-refractivity contribution < 1.29 is 9.42 Å². The van der Waals surface area contributed by atoms with Gasteiger partial charge in [0.25, 0.3) is 0 Å². The minimum atomic E-state index is -1.49. The normalized spacial score (nSPS) is 15.8. The summed E-state index contributed by atoms with van der Waals surface area (Å²) in [5.41, 5.74) is 2.43. The molecular weight excluding hydrogens is 351 g/mol. The van der Waals surface area contributed by atoms with E-state index in [0.29, 0.717) is 6.61 Å². The van der Waals surface area contributed by atoms with E-state index in [1.807, 2.05) is 31.2 Å². The second-order valence-corrected chi connectivity index (χ2v) is 8.15. The van der Waals surface area contributed by atoms with E-state index >= 15 is 0 Å². The summed E-state index contributed by atoms with van der Waals surface area (Å²) in [5.74, 6) is 0. The lowest BCUT2D eigenvalue weighted by molar-refractivity contribution is 0.337. The minimum absolute atomic E-state index is 0.521. The van der Waals surface area contributed by atoms with E-state index in [-0.39, 0.29) is 0 Å². The molecule has 3 rings (SSSR count). The lowest BCUT2D eigenvalue weighted by Gasteiger charge is -2.30. The first-order chi connectivity index (χ1) is 12.3. The van der Waals surface area contributed by atoms with Crippen LogP contribution in [0.2, 0.25) is 0 Å². The SMILES string of the molecule is CCOP(O)c1ccc(SNc2ccccc2N2CCCCC2)cc1. The second-order valence-electron chi connectivity index (χ2n) is 5.95. The van der Waals surface area contributed by atoms with E-state index in [4.69, 9.17) is 4.52 Å². The smallest absolute Gasteiger partial charge is 0.202 e. The van der Waals surface area contributed by atoms with Crippen LogP contribution in [0.15, 0.2) is 53.4 Å². The zero-order chi connectivity index (χ0) is 17.5. The minimum Gasteiger partial charge on any atom is -0.370 e. The van der Waals surface area contributed by atoms with Gasteiger partial charge in [0.1, 0.15) is 0 Å². The summed E-state index contributed by atoms with van der Waals surface area (Å²) in [4.78, 5) is 13.5. The molecule has 4 nitrogen and oxygen atoms in total. The maximum atomic E-state index is 9.91. The summed E-state index contributed by atoms with van der Waals surface area (Å²) >= 11 is 1.59. The molecule has 1 heterocycles. The summed E-state index contributed by atoms with van der Waals surface area (Å²) in [6.07, 6.45) is 3.88. The molecule has 1 aliphatic heterocycles. The molecule has 2 aromatic rings. The van der Waals surface area contributed by atoms with Crippen molar-refractivity contribution in [2.45, 2.75) is 31.1 Å². The molecule has 1 unspecified atom stereocenters. The van der Waals surface area contributed by atoms with Crippen LogP contribution < -0.4 is 14.9 Å². The van der Waals surface area contributed by atoms with Crippen molar-refractivity contribution in [3.63, 3.8) is 0 Å². The van der Waals surface area contributed by atoms with Crippen LogP contribution in [0.4, 0.5) is 11.4 Å². The molecule has 0 aromatic heterocycles. The van der Waals surface area contributed by atoms with Crippen LogP contribution in [0.1, 0.15) is 26.2 Å². The highest BCUT2D eigenvalue weighted by Gasteiger charge is 2.14. The molecule has 6 heteroatoms. The maximum Gasteiger partial charge on any atom is 0.202 e. The van der Waals surface area contributed by atoms with Crippen LogP contribution in [0.3, 0.4) is 0 Å². The number of hydrogen-bond donors (Lipinski definition) is 2. The van der Waals surface area contributed by atoms with E-state index in [1.54, 1.807) is 11.9 Å². The van der Waals surface area contributed by atoms with Gasteiger partial charge in [-0.25, -0.2) is 0 Å². The predicted octanol–water partition coefficient (Wildman–Crippen LogP) is 4.76. The summed E-state index contributed by atoms with van der Waals surface area (Å²) in [6.45, 7) is 4.68. The van der Waals surface area contributed by atoms with E-state index in [9.17, 15) is 4.89 Å². The Balaban J connectivity index is 1.63. The van der Waals surface area contributed by atoms with E-state index in [2.05, 4.69) is 33.9 Å². The third-order valence-electron chi connectivity index (χ3n) is 4.19. The molecule has 0 spiro atoms. The van der Waals surface area contributed by atoms with Crippen molar-refractivity contribution >= 4 is 37.0 Å². The van der Waals surface area contributed by atoms with Gasteiger partial charge < -0.3 is 19.0 Å². The van der Waals surface area contributed by atoms with E-state index < -0.39 is 8.38 Å². The van der Waals surface area contributed by atoms with Crippen LogP contribution >= 0.6 is 20.3 Å². The summed E-state index contributed by atoms with van der Waals surface area (Å²) in [7, 11) is -1.49. The molecule has 0 radical (unpaired) electrons. The molecule has 1 aliphatic rings. The molecule has 25 heavy (non-hydrogen) atoms. The van der Waals surface area contributed by atoms with Crippen LogP contribution in [0, 0.1) is 0 Å². The van der Waals surface area contributed by atoms with Crippen LogP contribution in [-0.4, -0.2) is 24.6 Å². The fraction of sp³-hybridized carbons (Fsp3) is 0.368. The van der Waals surface area contributed by atoms with Gasteiger partial charge >= 0.3 is 0 Å². The molecule has 1 saturated heterocycles. The summed E-state index contributed by atoms with van der Waals surface area (Å²) < 4.78 is 8.76. The largest absolute Gasteiger partial charge is 0.370 e. The van der Waals surface area contributed by atoms with Gasteiger partial charge in [-0.1, -0.05) is 12.1 Å². The molecular formula is C19H25N2O2PS. The topological polar surface area (TPSA) is 44.7 Å². The van der Waals surface area contributed by atoms with Gasteiger partial charge in [-0.2, -0.15) is 0 Å². The first kappa shape index (κ1) is 18.5. The quantitative estimate of drug-likeness (QED) is 0.539. The van der Waals surface area contributed by atoms with Gasteiger partial charge in [-0.3, -0.25) is 0 Å². The van der Waals surface area contributed by atoms with Crippen molar-refractivity contribution in [1.82, 2.24) is 0 Å². The molecule has 134 valence electrons. The standard InChI is InChI=1S/C19H25N2O2PS/c1-2-23-24(22)16-10-12-17(13-11-16)25-20-18-8-4-5-9-19(18)21-14-6-3-7-15-21/h4-5,8-13,20,22H,2-3,6-7,14-15H2,1H3. The first-order valence-electron chi connectivity index (χ1n) is 8.76. The van der Waals surface area contributed by atoms with Gasteiger partial charge in [0, 0.05) is 23.3 Å². The first-order valence-corrected chi connectivity index (χ1v) is 10.8. The maximum absolute atomic E-state index is 9.91. The fourth-order valence-electron chi connectivity index (χ4n) is 2.92. The number of piperidine rings is 1. The number of nitrogens with zero attached hydrogens (tertiary/aromatic N) is 1. The molecule has 2 N–H and O–H groups in total. The lowest BCUT2D eigenvalue weighted by Crippen LogP contribution is -2.29. The van der Waals surface area contributed by atoms with Gasteiger partial charge in [0.15, 0.2) is 0 Å². The number of benzene rings is 2.